The lowest BCUT2D eigenvalue weighted by molar-refractivity contribution is -0.133. The predicted molar refractivity (Wildman–Crippen MR) is 113 cm³/mol. The number of hydrogen-bond acceptors (Lipinski definition) is 5. The number of rotatable bonds is 5. The van der Waals surface area contributed by atoms with Gasteiger partial charge in [0, 0.05) is 4.88 Å². The summed E-state index contributed by atoms with van der Waals surface area (Å²) in [4.78, 5) is 44.3. The lowest BCUT2D eigenvalue weighted by atomic mass is 9.92. The van der Waals surface area contributed by atoms with Gasteiger partial charge in [-0.05, 0) is 36.5 Å². The van der Waals surface area contributed by atoms with E-state index < -0.39 is 35.7 Å². The highest BCUT2D eigenvalue weighted by Crippen LogP contribution is 2.34. The van der Waals surface area contributed by atoms with E-state index in [1.807, 2.05) is 6.92 Å². The van der Waals surface area contributed by atoms with Gasteiger partial charge in [0.1, 0.15) is 17.9 Å². The summed E-state index contributed by atoms with van der Waals surface area (Å²) in [6.07, 6.45) is 0.738. The Morgan fingerprint density at radius 2 is 1.90 bits per heavy atom. The summed E-state index contributed by atoms with van der Waals surface area (Å²) in [5, 5.41) is 5.74. The average Bonchev–Trinajstić information content (AvgIpc) is 3.17. The maximum Gasteiger partial charge on any atom is 0.325 e. The number of halogens is 1. The number of carbonyl (C=O) groups is 3. The number of aromatic nitrogens is 1. The first-order chi connectivity index (χ1) is 14.0. The van der Waals surface area contributed by atoms with Gasteiger partial charge in [-0.3, -0.25) is 14.5 Å². The van der Waals surface area contributed by atoms with Crippen molar-refractivity contribution < 1.29 is 18.8 Å². The summed E-state index contributed by atoms with van der Waals surface area (Å²) >= 11 is 1.39. The molecule has 30 heavy (non-hydrogen) atoms. The average molecular weight is 433 g/mol. The van der Waals surface area contributed by atoms with E-state index in [1.165, 1.54) is 42.5 Å². The highest BCUT2D eigenvalue weighted by atomic mass is 32.1. The second-order valence-electron chi connectivity index (χ2n) is 8.40. The molecule has 2 heterocycles. The van der Waals surface area contributed by atoms with Crippen LogP contribution in [-0.2, 0) is 27.0 Å². The standard InChI is InChI=1S/C21H25FN4O3S/c1-6-14-16(20(2,3)4)30-18(23-14)24-15(27)11-26-17(28)21(5,25-19(26)29)12-7-9-13(22)10-8-12/h7-10H,6,11H2,1-5H3,(H,25,29)(H,23,24,27). The Balaban J connectivity index is 1.74. The molecule has 0 aliphatic carbocycles. The van der Waals surface area contributed by atoms with Gasteiger partial charge in [0.2, 0.25) is 5.91 Å². The fourth-order valence-corrected chi connectivity index (χ4v) is 4.48. The molecular formula is C21H25FN4O3S. The highest BCUT2D eigenvalue weighted by Gasteiger charge is 2.49. The Bertz CT molecular complexity index is 997. The molecule has 4 amide bonds. The molecule has 1 fully saturated rings. The van der Waals surface area contributed by atoms with E-state index >= 15 is 0 Å². The van der Waals surface area contributed by atoms with Crippen LogP contribution < -0.4 is 10.6 Å². The number of benzene rings is 1. The molecule has 1 aromatic heterocycles. The molecule has 1 aromatic carbocycles. The minimum absolute atomic E-state index is 0.103. The zero-order valence-electron chi connectivity index (χ0n) is 17.6. The number of nitrogens with one attached hydrogen (secondary N) is 2. The van der Waals surface area contributed by atoms with Crippen LogP contribution >= 0.6 is 11.3 Å². The Hall–Kier alpha value is -2.81. The number of thiazole rings is 1. The Labute approximate surface area is 178 Å². The Morgan fingerprint density at radius 1 is 1.27 bits per heavy atom. The first-order valence-corrected chi connectivity index (χ1v) is 10.5. The molecule has 1 atom stereocenters. The number of hydrogen-bond donors (Lipinski definition) is 2. The molecule has 2 N–H and O–H groups in total. The molecule has 9 heteroatoms. The van der Waals surface area contributed by atoms with Gasteiger partial charge in [0.15, 0.2) is 5.13 Å². The third-order valence-electron chi connectivity index (χ3n) is 4.96. The second kappa shape index (κ2) is 7.79. The van der Waals surface area contributed by atoms with Gasteiger partial charge in [-0.15, -0.1) is 11.3 Å². The molecule has 2 aromatic rings. The molecule has 0 spiro atoms. The Kier molecular flexibility index (Phi) is 5.68. The zero-order chi connectivity index (χ0) is 22.3. The number of urea groups is 1. The van der Waals surface area contributed by atoms with Crippen molar-refractivity contribution in [3.63, 3.8) is 0 Å². The third-order valence-corrected chi connectivity index (χ3v) is 6.40. The molecule has 1 unspecified atom stereocenters. The number of nitrogens with zero attached hydrogens (tertiary/aromatic N) is 2. The molecule has 0 bridgehead atoms. The zero-order valence-corrected chi connectivity index (χ0v) is 18.4. The number of anilines is 1. The van der Waals surface area contributed by atoms with Crippen molar-refractivity contribution in [1.29, 1.82) is 0 Å². The topological polar surface area (TPSA) is 91.4 Å². The van der Waals surface area contributed by atoms with Crippen molar-refractivity contribution in [3.05, 3.63) is 46.2 Å². The van der Waals surface area contributed by atoms with Crippen LogP contribution in [-0.4, -0.2) is 34.3 Å². The number of amides is 4. The van der Waals surface area contributed by atoms with Crippen molar-refractivity contribution in [2.45, 2.75) is 52.0 Å². The van der Waals surface area contributed by atoms with Gasteiger partial charge in [0.25, 0.3) is 5.91 Å². The van der Waals surface area contributed by atoms with E-state index in [-0.39, 0.29) is 5.41 Å². The van der Waals surface area contributed by atoms with Crippen molar-refractivity contribution in [2.75, 3.05) is 11.9 Å². The second-order valence-corrected chi connectivity index (χ2v) is 9.40. The first-order valence-electron chi connectivity index (χ1n) is 9.66. The fourth-order valence-electron chi connectivity index (χ4n) is 3.35. The summed E-state index contributed by atoms with van der Waals surface area (Å²) in [6, 6.07) is 4.64. The summed E-state index contributed by atoms with van der Waals surface area (Å²) in [5.41, 5.74) is -0.108. The molecule has 3 rings (SSSR count). The third kappa shape index (κ3) is 4.07. The lowest BCUT2D eigenvalue weighted by Gasteiger charge is -2.22. The Morgan fingerprint density at radius 3 is 2.43 bits per heavy atom. The van der Waals surface area contributed by atoms with E-state index in [2.05, 4.69) is 36.4 Å². The largest absolute Gasteiger partial charge is 0.325 e. The molecule has 0 saturated carbocycles. The van der Waals surface area contributed by atoms with Gasteiger partial charge >= 0.3 is 6.03 Å². The maximum atomic E-state index is 13.2. The highest BCUT2D eigenvalue weighted by molar-refractivity contribution is 7.16. The van der Waals surface area contributed by atoms with E-state index in [0.717, 1.165) is 21.9 Å². The quantitative estimate of drug-likeness (QED) is 0.707. The van der Waals surface area contributed by atoms with Crippen LogP contribution in [0.4, 0.5) is 14.3 Å². The van der Waals surface area contributed by atoms with E-state index in [9.17, 15) is 18.8 Å². The van der Waals surface area contributed by atoms with Crippen LogP contribution in [0.2, 0.25) is 0 Å². The molecule has 7 nitrogen and oxygen atoms in total. The van der Waals surface area contributed by atoms with Gasteiger partial charge in [0.05, 0.1) is 5.69 Å². The van der Waals surface area contributed by atoms with Crippen LogP contribution in [0.25, 0.3) is 0 Å². The minimum atomic E-state index is -1.36. The van der Waals surface area contributed by atoms with Gasteiger partial charge in [-0.2, -0.15) is 0 Å². The maximum absolute atomic E-state index is 13.2. The van der Waals surface area contributed by atoms with Gasteiger partial charge in [-0.1, -0.05) is 39.8 Å². The minimum Gasteiger partial charge on any atom is -0.319 e. The summed E-state index contributed by atoms with van der Waals surface area (Å²) in [6.45, 7) is 9.33. The van der Waals surface area contributed by atoms with Crippen LogP contribution in [0, 0.1) is 5.82 Å². The van der Waals surface area contributed by atoms with Crippen molar-refractivity contribution in [2.24, 2.45) is 0 Å². The molecule has 160 valence electrons. The predicted octanol–water partition coefficient (Wildman–Crippen LogP) is 3.55. The van der Waals surface area contributed by atoms with Crippen LogP contribution in [0.15, 0.2) is 24.3 Å². The molecule has 1 saturated heterocycles. The van der Waals surface area contributed by atoms with Crippen molar-refractivity contribution >= 4 is 34.3 Å². The fraction of sp³-hybridized carbons (Fsp3) is 0.429. The smallest absolute Gasteiger partial charge is 0.319 e. The first kappa shape index (κ1) is 21.9. The van der Waals surface area contributed by atoms with Crippen LogP contribution in [0.3, 0.4) is 0 Å². The number of carbonyl (C=O) groups excluding carboxylic acids is 3. The monoisotopic (exact) mass is 432 g/mol. The summed E-state index contributed by atoms with van der Waals surface area (Å²) in [7, 11) is 0. The van der Waals surface area contributed by atoms with Crippen molar-refractivity contribution in [3.8, 4) is 0 Å². The number of imide groups is 1. The normalized spacial score (nSPS) is 19.2. The lowest BCUT2D eigenvalue weighted by Crippen LogP contribution is -2.42. The molecule has 1 aliphatic heterocycles. The van der Waals surface area contributed by atoms with Gasteiger partial charge in [-0.25, -0.2) is 14.2 Å². The van der Waals surface area contributed by atoms with E-state index in [4.69, 9.17) is 0 Å². The number of aryl methyl sites for hydroxylation is 1. The van der Waals surface area contributed by atoms with Crippen LogP contribution in [0.5, 0.6) is 0 Å². The van der Waals surface area contributed by atoms with E-state index in [0.29, 0.717) is 10.7 Å². The molecule has 1 aliphatic rings. The van der Waals surface area contributed by atoms with Crippen molar-refractivity contribution in [1.82, 2.24) is 15.2 Å². The van der Waals surface area contributed by atoms with E-state index in [1.54, 1.807) is 0 Å². The van der Waals surface area contributed by atoms with Gasteiger partial charge < -0.3 is 10.6 Å². The molecular weight excluding hydrogens is 407 g/mol. The summed E-state index contributed by atoms with van der Waals surface area (Å²) in [5.74, 6) is -1.53. The SMILES string of the molecule is CCc1nc(NC(=O)CN2C(=O)NC(C)(c3ccc(F)cc3)C2=O)sc1C(C)(C)C. The summed E-state index contributed by atoms with van der Waals surface area (Å²) < 4.78 is 13.2. The molecule has 0 radical (unpaired) electrons. The van der Waals surface area contributed by atoms with Crippen LogP contribution in [0.1, 0.15) is 50.8 Å².